The summed E-state index contributed by atoms with van der Waals surface area (Å²) in [6, 6.07) is 9.20. The highest BCUT2D eigenvalue weighted by molar-refractivity contribution is 5.94. The molecule has 0 bridgehead atoms. The number of primary amides is 1. The maximum atomic E-state index is 14.6. The molecule has 1 saturated carbocycles. The number of alkyl halides is 3. The van der Waals surface area contributed by atoms with Crippen LogP contribution in [-0.4, -0.2) is 23.2 Å². The molecule has 4 nitrogen and oxygen atoms in total. The van der Waals surface area contributed by atoms with Crippen LogP contribution in [0.15, 0.2) is 36.4 Å². The van der Waals surface area contributed by atoms with Crippen LogP contribution in [0, 0.1) is 23.0 Å². The van der Waals surface area contributed by atoms with Crippen molar-refractivity contribution in [3.05, 3.63) is 59.2 Å². The second-order valence-corrected chi connectivity index (χ2v) is 9.29. The molecule has 1 aliphatic carbocycles. The molecule has 0 atom stereocenters. The minimum absolute atomic E-state index is 0.183. The van der Waals surface area contributed by atoms with Crippen LogP contribution >= 0.6 is 0 Å². The predicted octanol–water partition coefficient (Wildman–Crippen LogP) is 6.51. The summed E-state index contributed by atoms with van der Waals surface area (Å²) in [4.78, 5) is 20.2. The molecule has 0 aliphatic heterocycles. The van der Waals surface area contributed by atoms with Gasteiger partial charge in [0.05, 0.1) is 5.56 Å². The van der Waals surface area contributed by atoms with Crippen LogP contribution in [0.3, 0.4) is 0 Å². The Bertz CT molecular complexity index is 1020. The van der Waals surface area contributed by atoms with Gasteiger partial charge < -0.3 is 10.8 Å². The van der Waals surface area contributed by atoms with E-state index in [4.69, 9.17) is 15.6 Å². The third-order valence-electron chi connectivity index (χ3n) is 6.15. The van der Waals surface area contributed by atoms with Crippen molar-refractivity contribution in [3.63, 3.8) is 0 Å². The molecule has 3 N–H and O–H groups in total. The molecule has 34 heavy (non-hydrogen) atoms. The highest BCUT2D eigenvalue weighted by Crippen LogP contribution is 2.39. The van der Waals surface area contributed by atoms with Crippen LogP contribution in [-0.2, 0) is 11.2 Å². The Hall–Kier alpha value is -2.97. The zero-order chi connectivity index (χ0) is 25.7. The summed E-state index contributed by atoms with van der Waals surface area (Å²) >= 11 is 0. The van der Waals surface area contributed by atoms with E-state index < -0.39 is 23.9 Å². The van der Waals surface area contributed by atoms with E-state index in [-0.39, 0.29) is 16.9 Å². The number of halogens is 5. The third-order valence-corrected chi connectivity index (χ3v) is 6.15. The van der Waals surface area contributed by atoms with E-state index >= 15 is 0 Å². The van der Waals surface area contributed by atoms with Gasteiger partial charge in [-0.1, -0.05) is 38.1 Å². The van der Waals surface area contributed by atoms with Gasteiger partial charge in [-0.25, -0.2) is 13.6 Å². The van der Waals surface area contributed by atoms with Gasteiger partial charge in [0.1, 0.15) is 11.6 Å². The normalized spacial score (nSPS) is 15.9. The molecule has 1 amide bonds. The van der Waals surface area contributed by atoms with Crippen molar-refractivity contribution in [1.82, 2.24) is 0 Å². The molecule has 0 radical (unpaired) electrons. The molecular weight excluding hydrogens is 457 g/mol. The van der Waals surface area contributed by atoms with Gasteiger partial charge in [-0.3, -0.25) is 4.79 Å². The number of hydrogen-bond donors (Lipinski definition) is 2. The number of carbonyl (C=O) groups is 2. The van der Waals surface area contributed by atoms with E-state index in [2.05, 4.69) is 13.8 Å². The molecule has 1 aliphatic rings. The maximum absolute atomic E-state index is 14.6. The van der Waals surface area contributed by atoms with Crippen LogP contribution in [0.5, 0.6) is 0 Å². The van der Waals surface area contributed by atoms with E-state index in [9.17, 15) is 26.7 Å². The fourth-order valence-corrected chi connectivity index (χ4v) is 3.97. The van der Waals surface area contributed by atoms with Gasteiger partial charge in [-0.05, 0) is 73.1 Å². The summed E-state index contributed by atoms with van der Waals surface area (Å²) in [6.07, 6.45) is 1.47. The molecule has 9 heteroatoms. The Labute approximate surface area is 195 Å². The van der Waals surface area contributed by atoms with Crippen molar-refractivity contribution in [2.24, 2.45) is 17.1 Å². The van der Waals surface area contributed by atoms with E-state index in [0.717, 1.165) is 6.42 Å². The Morgan fingerprint density at radius 3 is 2.18 bits per heavy atom. The lowest BCUT2D eigenvalue weighted by Gasteiger charge is -2.34. The molecule has 0 saturated heterocycles. The highest BCUT2D eigenvalue weighted by atomic mass is 19.4. The number of rotatable bonds is 5. The summed E-state index contributed by atoms with van der Waals surface area (Å²) in [5, 5.41) is 7.12. The Balaban J connectivity index is 0.000000509. The van der Waals surface area contributed by atoms with Gasteiger partial charge in [-0.15, -0.1) is 0 Å². The van der Waals surface area contributed by atoms with Crippen LogP contribution in [0.1, 0.15) is 61.9 Å². The molecule has 2 aromatic carbocycles. The number of benzene rings is 2. The van der Waals surface area contributed by atoms with Gasteiger partial charge in [0.15, 0.2) is 0 Å². The first kappa shape index (κ1) is 27.3. The number of aryl methyl sites for hydroxylation is 1. The fraction of sp³-hybridized carbons (Fsp3) is 0.440. The van der Waals surface area contributed by atoms with E-state index in [0.29, 0.717) is 28.9 Å². The summed E-state index contributed by atoms with van der Waals surface area (Å²) in [7, 11) is 0. The topological polar surface area (TPSA) is 80.4 Å². The highest BCUT2D eigenvalue weighted by Gasteiger charge is 2.38. The standard InChI is InChI=1S/C23H27F2NO.C2HF3O2/c1-23(2)12-10-15(11-13-23)6-7-16-8-9-17(14-20(16)24)18-4-3-5-19(21(18)25)22(26)27;3-2(4,5)1(6)7/h3-5,8-9,14-15H,6-7,10-13H2,1-2H3,(H2,26,27);(H,6,7). The van der Waals surface area contributed by atoms with Crippen LogP contribution < -0.4 is 5.73 Å². The predicted molar refractivity (Wildman–Crippen MR) is 118 cm³/mol. The van der Waals surface area contributed by atoms with Crippen molar-refractivity contribution in [1.29, 1.82) is 0 Å². The SMILES string of the molecule is CC1(C)CCC(CCc2ccc(-c3cccc(C(N)=O)c3F)cc2F)CC1.O=C(O)C(F)(F)F. The maximum Gasteiger partial charge on any atom is 0.490 e. The average molecular weight is 485 g/mol. The van der Waals surface area contributed by atoms with Crippen LogP contribution in [0.4, 0.5) is 22.0 Å². The summed E-state index contributed by atoms with van der Waals surface area (Å²) < 4.78 is 60.8. The molecule has 186 valence electrons. The van der Waals surface area contributed by atoms with Crippen LogP contribution in [0.25, 0.3) is 11.1 Å². The quantitative estimate of drug-likeness (QED) is 0.474. The first-order valence-electron chi connectivity index (χ1n) is 10.9. The van der Waals surface area contributed by atoms with Gasteiger partial charge >= 0.3 is 12.1 Å². The lowest BCUT2D eigenvalue weighted by atomic mass is 9.72. The summed E-state index contributed by atoms with van der Waals surface area (Å²) in [5.74, 6) is -3.97. The number of hydrogen-bond acceptors (Lipinski definition) is 2. The monoisotopic (exact) mass is 485 g/mol. The molecule has 0 aromatic heterocycles. The van der Waals surface area contributed by atoms with Crippen molar-refractivity contribution >= 4 is 11.9 Å². The van der Waals surface area contributed by atoms with Crippen molar-refractivity contribution in [2.75, 3.05) is 0 Å². The van der Waals surface area contributed by atoms with Gasteiger partial charge in [0.25, 0.3) is 5.91 Å². The largest absolute Gasteiger partial charge is 0.490 e. The number of amides is 1. The Morgan fingerprint density at radius 2 is 1.68 bits per heavy atom. The number of carbonyl (C=O) groups excluding carboxylic acids is 1. The number of carboxylic acids is 1. The minimum Gasteiger partial charge on any atom is -0.475 e. The molecule has 0 spiro atoms. The first-order chi connectivity index (χ1) is 15.7. The number of nitrogens with two attached hydrogens (primary N) is 1. The zero-order valence-electron chi connectivity index (χ0n) is 19.0. The molecule has 1 fully saturated rings. The second-order valence-electron chi connectivity index (χ2n) is 9.29. The Morgan fingerprint density at radius 1 is 1.09 bits per heavy atom. The smallest absolute Gasteiger partial charge is 0.475 e. The number of aliphatic carboxylic acids is 1. The lowest BCUT2D eigenvalue weighted by Crippen LogP contribution is -2.21. The van der Waals surface area contributed by atoms with E-state index in [1.54, 1.807) is 18.2 Å². The minimum atomic E-state index is -5.08. The van der Waals surface area contributed by atoms with Gasteiger partial charge in [0.2, 0.25) is 0 Å². The molecule has 0 heterocycles. The average Bonchev–Trinajstić information content (AvgIpc) is 2.73. The third kappa shape index (κ3) is 7.53. The van der Waals surface area contributed by atoms with Crippen molar-refractivity contribution < 1.29 is 36.6 Å². The second kappa shape index (κ2) is 11.0. The number of carboxylic acid groups (broad SMARTS) is 1. The fourth-order valence-electron chi connectivity index (χ4n) is 3.97. The molecule has 2 aromatic rings. The summed E-state index contributed by atoms with van der Waals surface area (Å²) in [5.41, 5.74) is 6.71. The van der Waals surface area contributed by atoms with Crippen molar-refractivity contribution in [3.8, 4) is 11.1 Å². The lowest BCUT2D eigenvalue weighted by molar-refractivity contribution is -0.192. The summed E-state index contributed by atoms with van der Waals surface area (Å²) in [6.45, 7) is 4.63. The van der Waals surface area contributed by atoms with Crippen molar-refractivity contribution in [2.45, 2.75) is 58.5 Å². The molecular formula is C25H28F5NO3. The zero-order valence-corrected chi connectivity index (χ0v) is 19.0. The first-order valence-corrected chi connectivity index (χ1v) is 10.9. The van der Waals surface area contributed by atoms with Crippen LogP contribution in [0.2, 0.25) is 0 Å². The molecule has 3 rings (SSSR count). The molecule has 0 unspecified atom stereocenters. The van der Waals surface area contributed by atoms with Gasteiger partial charge in [0, 0.05) is 5.56 Å². The Kier molecular flexibility index (Phi) is 8.80. The van der Waals surface area contributed by atoms with Gasteiger partial charge in [-0.2, -0.15) is 13.2 Å². The van der Waals surface area contributed by atoms with E-state index in [1.807, 2.05) is 0 Å². The van der Waals surface area contributed by atoms with E-state index in [1.165, 1.54) is 43.9 Å².